The average molecular weight is 437 g/mol. The Morgan fingerprint density at radius 1 is 0.781 bits per heavy atom. The predicted octanol–water partition coefficient (Wildman–Crippen LogP) is 6.64. The van der Waals surface area contributed by atoms with Gasteiger partial charge in [-0.15, -0.1) is 0 Å². The van der Waals surface area contributed by atoms with E-state index in [1.165, 1.54) is 11.1 Å². The fourth-order valence-electron chi connectivity index (χ4n) is 3.38. The van der Waals surface area contributed by atoms with Crippen LogP contribution in [0.4, 0.5) is 0 Å². The highest BCUT2D eigenvalue weighted by Crippen LogP contribution is 2.27. The minimum atomic E-state index is 0.569. The molecular weight excluding hydrogens is 400 g/mol. The lowest BCUT2D eigenvalue weighted by molar-refractivity contribution is 0.233. The third kappa shape index (κ3) is 7.84. The summed E-state index contributed by atoms with van der Waals surface area (Å²) < 4.78 is 22.6. The number of ether oxygens (including phenoxy) is 4. The van der Waals surface area contributed by atoms with Crippen LogP contribution in [0.1, 0.15) is 44.4 Å². The SMILES string of the molecule is C=C(/C=C(/Cc1ccc(Cc2cc(OCC)ccc2OCC)cc1)C(=C)OCC)OCC. The van der Waals surface area contributed by atoms with Crippen LogP contribution in [0.2, 0.25) is 0 Å². The normalized spacial score (nSPS) is 11.1. The Balaban J connectivity index is 2.19. The van der Waals surface area contributed by atoms with Gasteiger partial charge in [0.05, 0.1) is 26.4 Å². The summed E-state index contributed by atoms with van der Waals surface area (Å²) in [4.78, 5) is 0. The second kappa shape index (κ2) is 13.3. The number of allylic oxidation sites excluding steroid dienone is 2. The molecule has 0 spiro atoms. The molecule has 4 heteroatoms. The van der Waals surface area contributed by atoms with Crippen molar-refractivity contribution in [1.82, 2.24) is 0 Å². The Morgan fingerprint density at radius 3 is 2.06 bits per heavy atom. The van der Waals surface area contributed by atoms with E-state index in [-0.39, 0.29) is 0 Å². The van der Waals surface area contributed by atoms with Gasteiger partial charge in [-0.2, -0.15) is 0 Å². The zero-order valence-corrected chi connectivity index (χ0v) is 19.9. The Kier molecular flexibility index (Phi) is 10.5. The van der Waals surface area contributed by atoms with Crippen LogP contribution in [0.5, 0.6) is 11.5 Å². The summed E-state index contributed by atoms with van der Waals surface area (Å²) in [5, 5.41) is 0. The first-order chi connectivity index (χ1) is 15.5. The summed E-state index contributed by atoms with van der Waals surface area (Å²) in [5.74, 6) is 3.01. The molecule has 0 aliphatic rings. The second-order valence-electron chi connectivity index (χ2n) is 7.23. The van der Waals surface area contributed by atoms with Gasteiger partial charge in [-0.3, -0.25) is 0 Å². The minimum absolute atomic E-state index is 0.569. The Labute approximate surface area is 193 Å². The second-order valence-corrected chi connectivity index (χ2v) is 7.23. The fraction of sp³-hybridized carbons (Fsp3) is 0.357. The molecule has 0 saturated carbocycles. The predicted molar refractivity (Wildman–Crippen MR) is 131 cm³/mol. The van der Waals surface area contributed by atoms with Crippen molar-refractivity contribution in [2.45, 2.75) is 40.5 Å². The highest BCUT2D eigenvalue weighted by molar-refractivity contribution is 5.44. The number of hydrogen-bond donors (Lipinski definition) is 0. The van der Waals surface area contributed by atoms with Crippen molar-refractivity contribution in [1.29, 1.82) is 0 Å². The molecule has 0 bridgehead atoms. The zero-order valence-electron chi connectivity index (χ0n) is 19.9. The van der Waals surface area contributed by atoms with E-state index in [1.54, 1.807) is 0 Å². The molecule has 2 aromatic rings. The summed E-state index contributed by atoms with van der Waals surface area (Å²) in [5.41, 5.74) is 4.44. The van der Waals surface area contributed by atoms with Gasteiger partial charge in [0.2, 0.25) is 0 Å². The van der Waals surface area contributed by atoms with Crippen LogP contribution >= 0.6 is 0 Å². The fourth-order valence-corrected chi connectivity index (χ4v) is 3.38. The van der Waals surface area contributed by atoms with E-state index >= 15 is 0 Å². The number of hydrogen-bond acceptors (Lipinski definition) is 4. The summed E-state index contributed by atoms with van der Waals surface area (Å²) in [6, 6.07) is 14.6. The molecule has 172 valence electrons. The first-order valence-corrected chi connectivity index (χ1v) is 11.3. The molecule has 0 saturated heterocycles. The largest absolute Gasteiger partial charge is 0.495 e. The van der Waals surface area contributed by atoms with Crippen LogP contribution in [0.25, 0.3) is 0 Å². The molecule has 0 aliphatic heterocycles. The third-order valence-corrected chi connectivity index (χ3v) is 4.80. The highest BCUT2D eigenvalue weighted by atomic mass is 16.5. The lowest BCUT2D eigenvalue weighted by Gasteiger charge is -2.14. The van der Waals surface area contributed by atoms with Gasteiger partial charge in [0.25, 0.3) is 0 Å². The van der Waals surface area contributed by atoms with Gasteiger partial charge in [-0.05, 0) is 63.1 Å². The van der Waals surface area contributed by atoms with Crippen LogP contribution in [0.15, 0.2) is 78.8 Å². The number of rotatable bonds is 14. The van der Waals surface area contributed by atoms with Crippen molar-refractivity contribution in [3.05, 3.63) is 95.5 Å². The molecule has 0 amide bonds. The van der Waals surface area contributed by atoms with E-state index in [9.17, 15) is 0 Å². The summed E-state index contributed by atoms with van der Waals surface area (Å²) in [6.07, 6.45) is 3.37. The van der Waals surface area contributed by atoms with Crippen molar-refractivity contribution in [2.75, 3.05) is 26.4 Å². The Bertz CT molecular complexity index is 910. The van der Waals surface area contributed by atoms with Crippen LogP contribution in [-0.2, 0) is 22.3 Å². The molecular formula is C28H36O4. The molecule has 0 fully saturated rings. The van der Waals surface area contributed by atoms with Crippen LogP contribution in [-0.4, -0.2) is 26.4 Å². The molecule has 0 heterocycles. The van der Waals surface area contributed by atoms with E-state index in [1.807, 2.05) is 45.9 Å². The maximum absolute atomic E-state index is 5.82. The first kappa shape index (κ1) is 25.1. The van der Waals surface area contributed by atoms with Crippen molar-refractivity contribution >= 4 is 0 Å². The molecule has 2 rings (SSSR count). The zero-order chi connectivity index (χ0) is 23.3. The van der Waals surface area contributed by atoms with Gasteiger partial charge in [0.1, 0.15) is 23.0 Å². The summed E-state index contributed by atoms with van der Waals surface area (Å²) in [6.45, 7) is 18.3. The molecule has 2 aromatic carbocycles. The van der Waals surface area contributed by atoms with Crippen LogP contribution in [0, 0.1) is 0 Å². The van der Waals surface area contributed by atoms with Crippen molar-refractivity contribution in [3.63, 3.8) is 0 Å². The smallest absolute Gasteiger partial charge is 0.123 e. The van der Waals surface area contributed by atoms with Crippen molar-refractivity contribution in [2.24, 2.45) is 0 Å². The van der Waals surface area contributed by atoms with Gasteiger partial charge < -0.3 is 18.9 Å². The van der Waals surface area contributed by atoms with Gasteiger partial charge in [-0.25, -0.2) is 0 Å². The molecule has 32 heavy (non-hydrogen) atoms. The van der Waals surface area contributed by atoms with Crippen molar-refractivity contribution < 1.29 is 18.9 Å². The lowest BCUT2D eigenvalue weighted by Crippen LogP contribution is -2.01. The van der Waals surface area contributed by atoms with Crippen LogP contribution < -0.4 is 9.47 Å². The molecule has 0 aliphatic carbocycles. The summed E-state index contributed by atoms with van der Waals surface area (Å²) >= 11 is 0. The van der Waals surface area contributed by atoms with Gasteiger partial charge in [0, 0.05) is 24.0 Å². The molecule has 4 nitrogen and oxygen atoms in total. The molecule has 0 aromatic heterocycles. The third-order valence-electron chi connectivity index (χ3n) is 4.80. The summed E-state index contributed by atoms with van der Waals surface area (Å²) in [7, 11) is 0. The molecule has 0 unspecified atom stereocenters. The standard InChI is InChI=1S/C28H36O4/c1-7-29-21(5)17-25(22(6)30-8-2)18-23-11-13-24(14-12-23)19-26-20-27(31-9-3)15-16-28(26)32-10-4/h11-17,20H,5-10,18-19H2,1-4H3/b25-17-. The molecule has 0 N–H and O–H groups in total. The quantitative estimate of drug-likeness (QED) is 0.246. The monoisotopic (exact) mass is 436 g/mol. The van der Waals surface area contributed by atoms with Crippen LogP contribution in [0.3, 0.4) is 0 Å². The topological polar surface area (TPSA) is 36.9 Å². The maximum Gasteiger partial charge on any atom is 0.123 e. The minimum Gasteiger partial charge on any atom is -0.495 e. The van der Waals surface area contributed by atoms with E-state index in [0.29, 0.717) is 44.4 Å². The van der Waals surface area contributed by atoms with Gasteiger partial charge in [0.15, 0.2) is 0 Å². The number of benzene rings is 2. The van der Waals surface area contributed by atoms with E-state index in [2.05, 4.69) is 43.5 Å². The van der Waals surface area contributed by atoms with Gasteiger partial charge in [-0.1, -0.05) is 37.4 Å². The van der Waals surface area contributed by atoms with E-state index < -0.39 is 0 Å². The lowest BCUT2D eigenvalue weighted by atomic mass is 9.99. The Hall–Kier alpha value is -3.14. The first-order valence-electron chi connectivity index (χ1n) is 11.3. The highest BCUT2D eigenvalue weighted by Gasteiger charge is 2.10. The Morgan fingerprint density at radius 2 is 1.44 bits per heavy atom. The molecule has 0 radical (unpaired) electrons. The van der Waals surface area contributed by atoms with E-state index in [0.717, 1.165) is 29.1 Å². The van der Waals surface area contributed by atoms with Gasteiger partial charge >= 0.3 is 0 Å². The van der Waals surface area contributed by atoms with Crippen molar-refractivity contribution in [3.8, 4) is 11.5 Å². The van der Waals surface area contributed by atoms with E-state index in [4.69, 9.17) is 18.9 Å². The maximum atomic E-state index is 5.82. The average Bonchev–Trinajstić information content (AvgIpc) is 2.77. The molecule has 0 atom stereocenters.